The van der Waals surface area contributed by atoms with Gasteiger partial charge in [0.1, 0.15) is 0 Å². The summed E-state index contributed by atoms with van der Waals surface area (Å²) >= 11 is 0. The van der Waals surface area contributed by atoms with Crippen molar-refractivity contribution in [1.82, 2.24) is 4.90 Å². The van der Waals surface area contributed by atoms with Crippen LogP contribution in [-0.2, 0) is 9.84 Å². The summed E-state index contributed by atoms with van der Waals surface area (Å²) < 4.78 is 23.4. The van der Waals surface area contributed by atoms with Gasteiger partial charge in [0.15, 0.2) is 15.8 Å². The lowest BCUT2D eigenvalue weighted by molar-refractivity contribution is 0.428. The predicted octanol–water partition coefficient (Wildman–Crippen LogP) is 0.754. The Morgan fingerprint density at radius 1 is 1.17 bits per heavy atom. The van der Waals surface area contributed by atoms with E-state index in [1.165, 1.54) is 12.8 Å². The molecule has 0 aromatic rings. The molecular weight excluding hydrogens is 250 g/mol. The molecule has 2 aliphatic rings. The van der Waals surface area contributed by atoms with Gasteiger partial charge in [-0.15, -0.1) is 0 Å². The van der Waals surface area contributed by atoms with Crippen LogP contribution < -0.4 is 5.73 Å². The van der Waals surface area contributed by atoms with Gasteiger partial charge in [0.05, 0.1) is 17.5 Å². The lowest BCUT2D eigenvalue weighted by Gasteiger charge is -2.21. The van der Waals surface area contributed by atoms with Gasteiger partial charge in [-0.25, -0.2) is 8.42 Å². The molecule has 0 amide bonds. The molecule has 2 heterocycles. The first kappa shape index (κ1) is 13.6. The Hall–Kier alpha value is -0.780. The number of guanidine groups is 1. The Kier molecular flexibility index (Phi) is 4.48. The second-order valence-corrected chi connectivity index (χ2v) is 7.63. The van der Waals surface area contributed by atoms with Gasteiger partial charge >= 0.3 is 0 Å². The van der Waals surface area contributed by atoms with Gasteiger partial charge in [0.25, 0.3) is 0 Å². The number of nitrogens with zero attached hydrogens (tertiary/aromatic N) is 2. The number of likely N-dealkylation sites (tertiary alicyclic amines) is 1. The van der Waals surface area contributed by atoms with E-state index in [2.05, 4.69) is 9.89 Å². The van der Waals surface area contributed by atoms with Crippen LogP contribution in [0.2, 0.25) is 0 Å². The smallest absolute Gasteiger partial charge is 0.191 e. The minimum Gasteiger partial charge on any atom is -0.370 e. The summed E-state index contributed by atoms with van der Waals surface area (Å²) in [4.78, 5) is 6.40. The standard InChI is InChI=1S/C12H23N3O2S/c13-12(15-7-3-1-2-4-8-15)14-10-11-6-5-9-18(11,16)17/h11H,1-10H2,(H2,13,14). The van der Waals surface area contributed by atoms with Crippen LogP contribution >= 0.6 is 0 Å². The molecule has 2 saturated heterocycles. The molecule has 2 fully saturated rings. The predicted molar refractivity (Wildman–Crippen MR) is 73.3 cm³/mol. The van der Waals surface area contributed by atoms with E-state index in [9.17, 15) is 8.42 Å². The quantitative estimate of drug-likeness (QED) is 0.595. The SMILES string of the molecule is NC(=NCC1CCCS1(=O)=O)N1CCCCCC1. The van der Waals surface area contributed by atoms with E-state index in [1.807, 2.05) is 0 Å². The fourth-order valence-electron chi connectivity index (χ4n) is 2.66. The highest BCUT2D eigenvalue weighted by Crippen LogP contribution is 2.20. The fourth-order valence-corrected chi connectivity index (χ4v) is 4.39. The van der Waals surface area contributed by atoms with Crippen molar-refractivity contribution in [3.8, 4) is 0 Å². The normalized spacial score (nSPS) is 29.2. The third kappa shape index (κ3) is 3.37. The van der Waals surface area contributed by atoms with Crippen LogP contribution in [0.3, 0.4) is 0 Å². The first-order valence-corrected chi connectivity index (χ1v) is 8.57. The molecule has 5 nitrogen and oxygen atoms in total. The van der Waals surface area contributed by atoms with Gasteiger partial charge in [-0.1, -0.05) is 12.8 Å². The number of nitrogens with two attached hydrogens (primary N) is 1. The lowest BCUT2D eigenvalue weighted by Crippen LogP contribution is -2.38. The van der Waals surface area contributed by atoms with Crippen molar-refractivity contribution in [1.29, 1.82) is 0 Å². The fraction of sp³-hybridized carbons (Fsp3) is 0.917. The first-order valence-electron chi connectivity index (χ1n) is 6.86. The summed E-state index contributed by atoms with van der Waals surface area (Å²) in [6, 6.07) is 0. The van der Waals surface area contributed by atoms with E-state index in [4.69, 9.17) is 5.73 Å². The monoisotopic (exact) mass is 273 g/mol. The summed E-state index contributed by atoms with van der Waals surface area (Å²) in [6.45, 7) is 2.24. The van der Waals surface area contributed by atoms with E-state index < -0.39 is 9.84 Å². The van der Waals surface area contributed by atoms with Crippen LogP contribution in [0.4, 0.5) is 0 Å². The molecule has 0 aromatic heterocycles. The van der Waals surface area contributed by atoms with Gasteiger partial charge in [-0.3, -0.25) is 4.99 Å². The second-order valence-electron chi connectivity index (χ2n) is 5.23. The second kappa shape index (κ2) is 5.91. The van der Waals surface area contributed by atoms with Crippen molar-refractivity contribution in [3.63, 3.8) is 0 Å². The molecule has 1 atom stereocenters. The molecule has 0 aromatic carbocycles. The summed E-state index contributed by atoms with van der Waals surface area (Å²) in [5.74, 6) is 0.843. The maximum absolute atomic E-state index is 11.7. The maximum Gasteiger partial charge on any atom is 0.191 e. The topological polar surface area (TPSA) is 75.8 Å². The Morgan fingerprint density at radius 2 is 1.83 bits per heavy atom. The van der Waals surface area contributed by atoms with Crippen LogP contribution in [0.15, 0.2) is 4.99 Å². The van der Waals surface area contributed by atoms with Gasteiger partial charge in [-0.2, -0.15) is 0 Å². The van der Waals surface area contributed by atoms with Gasteiger partial charge in [0.2, 0.25) is 0 Å². The van der Waals surface area contributed by atoms with E-state index >= 15 is 0 Å². The molecule has 18 heavy (non-hydrogen) atoms. The van der Waals surface area contributed by atoms with Crippen molar-refractivity contribution in [3.05, 3.63) is 0 Å². The number of rotatable bonds is 2. The molecule has 0 spiro atoms. The lowest BCUT2D eigenvalue weighted by atomic mass is 10.2. The van der Waals surface area contributed by atoms with Crippen LogP contribution in [-0.4, -0.2) is 49.9 Å². The average molecular weight is 273 g/mol. The van der Waals surface area contributed by atoms with Crippen LogP contribution in [0.1, 0.15) is 38.5 Å². The zero-order valence-electron chi connectivity index (χ0n) is 10.8. The zero-order valence-corrected chi connectivity index (χ0v) is 11.7. The summed E-state index contributed by atoms with van der Waals surface area (Å²) in [6.07, 6.45) is 6.31. The molecule has 0 radical (unpaired) electrons. The van der Waals surface area contributed by atoms with Crippen LogP contribution in [0.5, 0.6) is 0 Å². The largest absolute Gasteiger partial charge is 0.370 e. The van der Waals surface area contributed by atoms with Crippen molar-refractivity contribution in [2.24, 2.45) is 10.7 Å². The third-order valence-electron chi connectivity index (χ3n) is 3.85. The van der Waals surface area contributed by atoms with Crippen molar-refractivity contribution in [2.75, 3.05) is 25.4 Å². The molecule has 2 rings (SSSR count). The molecule has 0 saturated carbocycles. The van der Waals surface area contributed by atoms with Crippen molar-refractivity contribution < 1.29 is 8.42 Å². The molecular formula is C12H23N3O2S. The Bertz CT molecular complexity index is 398. The summed E-state index contributed by atoms with van der Waals surface area (Å²) in [5, 5.41) is -0.303. The van der Waals surface area contributed by atoms with Crippen LogP contribution in [0.25, 0.3) is 0 Å². The molecule has 0 aliphatic carbocycles. The minimum absolute atomic E-state index is 0.303. The van der Waals surface area contributed by atoms with Crippen molar-refractivity contribution >= 4 is 15.8 Å². The zero-order chi connectivity index (χ0) is 13.0. The highest BCUT2D eigenvalue weighted by Gasteiger charge is 2.31. The molecule has 2 aliphatic heterocycles. The highest BCUT2D eigenvalue weighted by atomic mass is 32.2. The summed E-state index contributed by atoms with van der Waals surface area (Å²) in [5.41, 5.74) is 5.97. The Balaban J connectivity index is 1.91. The third-order valence-corrected chi connectivity index (χ3v) is 6.11. The molecule has 1 unspecified atom stereocenters. The van der Waals surface area contributed by atoms with E-state index in [0.717, 1.165) is 38.8 Å². The summed E-state index contributed by atoms with van der Waals surface area (Å²) in [7, 11) is -2.90. The van der Waals surface area contributed by atoms with Crippen LogP contribution in [0, 0.1) is 0 Å². The van der Waals surface area contributed by atoms with E-state index in [1.54, 1.807) is 0 Å². The molecule has 2 N–H and O–H groups in total. The van der Waals surface area contributed by atoms with Gasteiger partial charge < -0.3 is 10.6 Å². The Labute approximate surface area is 109 Å². The number of hydrogen-bond acceptors (Lipinski definition) is 3. The van der Waals surface area contributed by atoms with Gasteiger partial charge in [-0.05, 0) is 25.7 Å². The maximum atomic E-state index is 11.7. The Morgan fingerprint density at radius 3 is 2.39 bits per heavy atom. The van der Waals surface area contributed by atoms with Gasteiger partial charge in [0, 0.05) is 13.1 Å². The number of hydrogen-bond donors (Lipinski definition) is 1. The first-order chi connectivity index (χ1) is 8.59. The van der Waals surface area contributed by atoms with Crippen molar-refractivity contribution in [2.45, 2.75) is 43.8 Å². The molecule has 104 valence electrons. The average Bonchev–Trinajstić information content (AvgIpc) is 2.58. The number of sulfone groups is 1. The highest BCUT2D eigenvalue weighted by molar-refractivity contribution is 7.92. The van der Waals surface area contributed by atoms with E-state index in [0.29, 0.717) is 18.3 Å². The molecule has 0 bridgehead atoms. The number of aliphatic imine (C=N–C) groups is 1. The minimum atomic E-state index is -2.90. The van der Waals surface area contributed by atoms with E-state index in [-0.39, 0.29) is 5.25 Å². The molecule has 6 heteroatoms.